The molecule has 2 aromatic heterocycles. The van der Waals surface area contributed by atoms with E-state index in [1.807, 2.05) is 57.2 Å². The zero-order valence-corrected chi connectivity index (χ0v) is 14.7. The zero-order valence-electron chi connectivity index (χ0n) is 14.7. The number of anilines is 3. The van der Waals surface area contributed by atoms with Crippen molar-refractivity contribution < 1.29 is 4.79 Å². The Morgan fingerprint density at radius 3 is 2.16 bits per heavy atom. The molecule has 0 saturated heterocycles. The largest absolute Gasteiger partial charge is 0.339 e. The van der Waals surface area contributed by atoms with Crippen LogP contribution in [0.4, 0.5) is 17.2 Å². The van der Waals surface area contributed by atoms with Gasteiger partial charge in [-0.25, -0.2) is 4.68 Å². The molecule has 2 N–H and O–H groups in total. The quantitative estimate of drug-likeness (QED) is 0.764. The number of hydrogen-bond donors (Lipinski definition) is 2. The molecule has 0 saturated carbocycles. The van der Waals surface area contributed by atoms with Crippen molar-refractivity contribution in [2.75, 3.05) is 10.6 Å². The first-order chi connectivity index (χ1) is 11.9. The van der Waals surface area contributed by atoms with Crippen molar-refractivity contribution in [2.45, 2.75) is 27.7 Å². The van der Waals surface area contributed by atoms with Crippen molar-refractivity contribution in [3.63, 3.8) is 0 Å². The van der Waals surface area contributed by atoms with E-state index in [0.29, 0.717) is 11.6 Å². The van der Waals surface area contributed by atoms with Crippen molar-refractivity contribution in [3.8, 4) is 5.82 Å². The van der Waals surface area contributed by atoms with E-state index >= 15 is 0 Å². The third-order valence-corrected chi connectivity index (χ3v) is 4.00. The fraction of sp³-hybridized carbons (Fsp3) is 0.222. The van der Waals surface area contributed by atoms with E-state index in [1.54, 1.807) is 4.68 Å². The lowest BCUT2D eigenvalue weighted by molar-refractivity contribution is -0.114. The predicted octanol–water partition coefficient (Wildman–Crippen LogP) is 3.29. The molecule has 2 heterocycles. The summed E-state index contributed by atoms with van der Waals surface area (Å²) < 4.78 is 1.80. The molecule has 1 aromatic carbocycles. The van der Waals surface area contributed by atoms with Crippen LogP contribution >= 0.6 is 0 Å². The maximum absolute atomic E-state index is 11.0. The number of rotatable bonds is 4. The Morgan fingerprint density at radius 2 is 1.64 bits per heavy atom. The number of aromatic nitrogens is 4. The first-order valence-corrected chi connectivity index (χ1v) is 7.95. The lowest BCUT2D eigenvalue weighted by Crippen LogP contribution is -2.06. The smallest absolute Gasteiger partial charge is 0.221 e. The molecule has 0 atom stereocenters. The minimum Gasteiger partial charge on any atom is -0.339 e. The van der Waals surface area contributed by atoms with E-state index in [1.165, 1.54) is 6.92 Å². The lowest BCUT2D eigenvalue weighted by Gasteiger charge is -2.08. The van der Waals surface area contributed by atoms with Gasteiger partial charge in [0.2, 0.25) is 5.91 Å². The second-order valence-corrected chi connectivity index (χ2v) is 5.87. The van der Waals surface area contributed by atoms with Crippen LogP contribution in [0.5, 0.6) is 0 Å². The Labute approximate surface area is 146 Å². The molecule has 128 valence electrons. The summed E-state index contributed by atoms with van der Waals surface area (Å²) in [4.78, 5) is 11.0. The number of hydrogen-bond acceptors (Lipinski definition) is 5. The number of carbonyl (C=O) groups excluding carboxylic acids is 1. The number of nitrogens with zero attached hydrogens (tertiary/aromatic N) is 4. The van der Waals surface area contributed by atoms with Crippen molar-refractivity contribution >= 4 is 23.1 Å². The maximum atomic E-state index is 11.0. The first kappa shape index (κ1) is 16.6. The van der Waals surface area contributed by atoms with Crippen LogP contribution in [0, 0.1) is 20.8 Å². The highest BCUT2D eigenvalue weighted by Crippen LogP contribution is 2.19. The van der Waals surface area contributed by atoms with Gasteiger partial charge in [-0.3, -0.25) is 4.79 Å². The molecule has 25 heavy (non-hydrogen) atoms. The predicted molar refractivity (Wildman–Crippen MR) is 97.4 cm³/mol. The van der Waals surface area contributed by atoms with E-state index < -0.39 is 0 Å². The average molecular weight is 336 g/mol. The third kappa shape index (κ3) is 3.65. The Hall–Kier alpha value is -3.22. The van der Waals surface area contributed by atoms with Crippen molar-refractivity contribution in [2.24, 2.45) is 0 Å². The van der Waals surface area contributed by atoms with Gasteiger partial charge >= 0.3 is 0 Å². The second kappa shape index (κ2) is 6.72. The molecule has 0 fully saturated rings. The van der Waals surface area contributed by atoms with E-state index in [0.717, 1.165) is 28.3 Å². The van der Waals surface area contributed by atoms with Crippen LogP contribution in [0.15, 0.2) is 36.4 Å². The molecule has 0 unspecified atom stereocenters. The summed E-state index contributed by atoms with van der Waals surface area (Å²) in [6, 6.07) is 11.1. The van der Waals surface area contributed by atoms with E-state index in [2.05, 4.69) is 25.9 Å². The minimum atomic E-state index is -0.0958. The van der Waals surface area contributed by atoms with Crippen LogP contribution in [-0.2, 0) is 4.79 Å². The third-order valence-electron chi connectivity index (χ3n) is 4.00. The van der Waals surface area contributed by atoms with E-state index in [9.17, 15) is 4.79 Å². The Balaban J connectivity index is 1.74. The van der Waals surface area contributed by atoms with Crippen molar-refractivity contribution in [3.05, 3.63) is 53.3 Å². The highest BCUT2D eigenvalue weighted by Gasteiger charge is 2.10. The minimum absolute atomic E-state index is 0.0958. The number of benzene rings is 1. The van der Waals surface area contributed by atoms with Crippen LogP contribution in [0.25, 0.3) is 5.82 Å². The molecular weight excluding hydrogens is 316 g/mol. The average Bonchev–Trinajstić information content (AvgIpc) is 2.84. The summed E-state index contributed by atoms with van der Waals surface area (Å²) in [7, 11) is 0. The summed E-state index contributed by atoms with van der Waals surface area (Å²) >= 11 is 0. The van der Waals surface area contributed by atoms with Gasteiger partial charge in [0.1, 0.15) is 0 Å². The maximum Gasteiger partial charge on any atom is 0.221 e. The normalized spacial score (nSPS) is 10.6. The van der Waals surface area contributed by atoms with Crippen LogP contribution in [0.1, 0.15) is 23.9 Å². The van der Waals surface area contributed by atoms with Gasteiger partial charge in [0.05, 0.1) is 5.69 Å². The van der Waals surface area contributed by atoms with Gasteiger partial charge in [-0.1, -0.05) is 0 Å². The second-order valence-electron chi connectivity index (χ2n) is 5.87. The summed E-state index contributed by atoms with van der Waals surface area (Å²) in [5, 5.41) is 18.9. The van der Waals surface area contributed by atoms with Gasteiger partial charge in [-0.15, -0.1) is 10.2 Å². The van der Waals surface area contributed by atoms with Gasteiger partial charge in [0, 0.05) is 24.0 Å². The zero-order chi connectivity index (χ0) is 18.0. The highest BCUT2D eigenvalue weighted by atomic mass is 16.1. The topological polar surface area (TPSA) is 84.7 Å². The standard InChI is InChI=1S/C18H20N6O/c1-11-12(2)23-24(13(11)3)18-10-9-17(21-22-18)20-16-7-5-15(6-8-16)19-14(4)25/h5-10H,1-4H3,(H,19,25)(H,20,21). The van der Waals surface area contributed by atoms with E-state index in [4.69, 9.17) is 0 Å². The number of nitrogens with one attached hydrogen (secondary N) is 2. The van der Waals surface area contributed by atoms with Crippen molar-refractivity contribution in [1.82, 2.24) is 20.0 Å². The van der Waals surface area contributed by atoms with E-state index in [-0.39, 0.29) is 5.91 Å². The Kier molecular flexibility index (Phi) is 4.47. The van der Waals surface area contributed by atoms with Crippen LogP contribution in [0.3, 0.4) is 0 Å². The first-order valence-electron chi connectivity index (χ1n) is 7.95. The molecule has 3 rings (SSSR count). The van der Waals surface area contributed by atoms with Crippen LogP contribution in [-0.4, -0.2) is 25.9 Å². The fourth-order valence-corrected chi connectivity index (χ4v) is 2.44. The summed E-state index contributed by atoms with van der Waals surface area (Å²) in [5.74, 6) is 1.22. The molecule has 0 radical (unpaired) electrons. The summed E-state index contributed by atoms with van der Waals surface area (Å²) in [6.45, 7) is 7.52. The number of aryl methyl sites for hydroxylation is 1. The monoisotopic (exact) mass is 336 g/mol. The van der Waals surface area contributed by atoms with Crippen LogP contribution in [0.2, 0.25) is 0 Å². The number of carbonyl (C=O) groups is 1. The van der Waals surface area contributed by atoms with Gasteiger partial charge in [-0.2, -0.15) is 5.10 Å². The molecule has 0 spiro atoms. The summed E-state index contributed by atoms with van der Waals surface area (Å²) in [6.07, 6.45) is 0. The van der Waals surface area contributed by atoms with Gasteiger partial charge < -0.3 is 10.6 Å². The Morgan fingerprint density at radius 1 is 0.960 bits per heavy atom. The molecule has 7 heteroatoms. The molecule has 1 amide bonds. The van der Waals surface area contributed by atoms with Gasteiger partial charge in [-0.05, 0) is 62.7 Å². The van der Waals surface area contributed by atoms with Crippen molar-refractivity contribution in [1.29, 1.82) is 0 Å². The van der Waals surface area contributed by atoms with Crippen LogP contribution < -0.4 is 10.6 Å². The number of amides is 1. The van der Waals surface area contributed by atoms with Gasteiger partial charge in [0.15, 0.2) is 11.6 Å². The molecular formula is C18H20N6O. The summed E-state index contributed by atoms with van der Waals surface area (Å²) in [5.41, 5.74) is 4.81. The molecule has 0 aliphatic carbocycles. The van der Waals surface area contributed by atoms with Gasteiger partial charge in [0.25, 0.3) is 0 Å². The molecule has 0 aliphatic rings. The SMILES string of the molecule is CC(=O)Nc1ccc(Nc2ccc(-n3nc(C)c(C)c3C)nn2)cc1. The fourth-order valence-electron chi connectivity index (χ4n) is 2.44. The molecule has 3 aromatic rings. The molecule has 0 aliphatic heterocycles. The molecule has 7 nitrogen and oxygen atoms in total. The highest BCUT2D eigenvalue weighted by molar-refractivity contribution is 5.88. The Bertz CT molecular complexity index is 897. The molecule has 0 bridgehead atoms. The lowest BCUT2D eigenvalue weighted by atomic mass is 10.2.